The highest BCUT2D eigenvalue weighted by Gasteiger charge is 2.25. The van der Waals surface area contributed by atoms with Gasteiger partial charge >= 0.3 is 11.9 Å². The second-order valence-electron chi connectivity index (χ2n) is 2.00. The lowest BCUT2D eigenvalue weighted by atomic mass is 10.3. The molecule has 1 aromatic rings. The van der Waals surface area contributed by atoms with Gasteiger partial charge in [-0.1, -0.05) is 22.9 Å². The molecule has 0 bridgehead atoms. The van der Waals surface area contributed by atoms with Crippen molar-refractivity contribution in [2.75, 3.05) is 0 Å². The van der Waals surface area contributed by atoms with E-state index in [1.807, 2.05) is 0 Å². The standard InChI is InChI=1S/C6H2ClFO4S/c7-2-1(5(9)10)4(8)13-3(2)6(11)12/h(H,9,10)(H,11,12). The minimum Gasteiger partial charge on any atom is -0.478 e. The van der Waals surface area contributed by atoms with Crippen LogP contribution in [0, 0.1) is 5.13 Å². The smallest absolute Gasteiger partial charge is 0.347 e. The van der Waals surface area contributed by atoms with E-state index in [9.17, 15) is 14.0 Å². The molecule has 0 fully saturated rings. The van der Waals surface area contributed by atoms with Gasteiger partial charge < -0.3 is 10.2 Å². The summed E-state index contributed by atoms with van der Waals surface area (Å²) in [4.78, 5) is 20.2. The first-order chi connectivity index (χ1) is 5.95. The van der Waals surface area contributed by atoms with E-state index in [0.717, 1.165) is 0 Å². The highest BCUT2D eigenvalue weighted by atomic mass is 35.5. The first kappa shape index (κ1) is 9.94. The fourth-order valence-corrected chi connectivity index (χ4v) is 1.87. The summed E-state index contributed by atoms with van der Waals surface area (Å²) in [6, 6.07) is 0. The monoisotopic (exact) mass is 224 g/mol. The summed E-state index contributed by atoms with van der Waals surface area (Å²) in [6.07, 6.45) is 0. The zero-order valence-electron chi connectivity index (χ0n) is 5.88. The van der Waals surface area contributed by atoms with Gasteiger partial charge in [-0.25, -0.2) is 9.59 Å². The molecule has 0 unspecified atom stereocenters. The van der Waals surface area contributed by atoms with Crippen LogP contribution in [0.25, 0.3) is 0 Å². The van der Waals surface area contributed by atoms with Crippen LogP contribution >= 0.6 is 22.9 Å². The number of carbonyl (C=O) groups is 2. The number of thiophene rings is 1. The molecule has 4 nitrogen and oxygen atoms in total. The Morgan fingerprint density at radius 2 is 1.85 bits per heavy atom. The Labute approximate surface area is 80.2 Å². The van der Waals surface area contributed by atoms with Gasteiger partial charge in [-0.3, -0.25) is 0 Å². The lowest BCUT2D eigenvalue weighted by Crippen LogP contribution is -1.99. The number of hydrogen-bond acceptors (Lipinski definition) is 3. The van der Waals surface area contributed by atoms with Gasteiger partial charge in [0.2, 0.25) is 0 Å². The fraction of sp³-hybridized carbons (Fsp3) is 0. The molecule has 1 aromatic heterocycles. The van der Waals surface area contributed by atoms with Crippen LogP contribution in [0.1, 0.15) is 20.0 Å². The third-order valence-corrected chi connectivity index (χ3v) is 2.67. The van der Waals surface area contributed by atoms with Crippen LogP contribution in [0.4, 0.5) is 4.39 Å². The first-order valence-electron chi connectivity index (χ1n) is 2.89. The maximum atomic E-state index is 12.8. The van der Waals surface area contributed by atoms with Crippen molar-refractivity contribution >= 4 is 34.9 Å². The molecule has 7 heteroatoms. The minimum atomic E-state index is -1.58. The maximum absolute atomic E-state index is 12.8. The molecule has 2 N–H and O–H groups in total. The average Bonchev–Trinajstić information content (AvgIpc) is 2.26. The molecule has 0 aliphatic carbocycles. The summed E-state index contributed by atoms with van der Waals surface area (Å²) >= 11 is 5.53. The molecule has 0 aliphatic rings. The van der Waals surface area contributed by atoms with Crippen LogP contribution in [0.3, 0.4) is 0 Å². The van der Waals surface area contributed by atoms with Crippen LogP contribution < -0.4 is 0 Å². The third-order valence-electron chi connectivity index (χ3n) is 1.22. The van der Waals surface area contributed by atoms with Gasteiger partial charge in [-0.05, 0) is 0 Å². The fourth-order valence-electron chi connectivity index (χ4n) is 0.701. The van der Waals surface area contributed by atoms with Gasteiger partial charge in [0.15, 0.2) is 5.13 Å². The van der Waals surface area contributed by atoms with E-state index < -0.39 is 32.5 Å². The summed E-state index contributed by atoms with van der Waals surface area (Å²) in [5, 5.41) is 15.2. The van der Waals surface area contributed by atoms with Crippen molar-refractivity contribution in [3.63, 3.8) is 0 Å². The van der Waals surface area contributed by atoms with Gasteiger partial charge in [-0.2, -0.15) is 4.39 Å². The molecular weight excluding hydrogens is 223 g/mol. The van der Waals surface area contributed by atoms with Crippen molar-refractivity contribution in [1.29, 1.82) is 0 Å². The quantitative estimate of drug-likeness (QED) is 0.805. The van der Waals surface area contributed by atoms with Gasteiger partial charge in [0.25, 0.3) is 0 Å². The Morgan fingerprint density at radius 3 is 2.08 bits per heavy atom. The number of aromatic carboxylic acids is 2. The van der Waals surface area contributed by atoms with E-state index in [0.29, 0.717) is 0 Å². The summed E-state index contributed by atoms with van der Waals surface area (Å²) in [5.74, 6) is -3.02. The SMILES string of the molecule is O=C(O)c1sc(F)c(C(=O)O)c1Cl. The Bertz CT molecular complexity index is 386. The largest absolute Gasteiger partial charge is 0.478 e. The Kier molecular flexibility index (Phi) is 2.53. The van der Waals surface area contributed by atoms with E-state index in [2.05, 4.69) is 0 Å². The van der Waals surface area contributed by atoms with Gasteiger partial charge in [0.05, 0.1) is 5.02 Å². The van der Waals surface area contributed by atoms with E-state index in [-0.39, 0.29) is 11.3 Å². The molecule has 0 amide bonds. The van der Waals surface area contributed by atoms with Crippen LogP contribution in [0.15, 0.2) is 0 Å². The summed E-state index contributed by atoms with van der Waals surface area (Å²) in [7, 11) is 0. The molecule has 0 atom stereocenters. The van der Waals surface area contributed by atoms with E-state index in [1.54, 1.807) is 0 Å². The Hall–Kier alpha value is -1.14. The Balaban J connectivity index is 3.39. The van der Waals surface area contributed by atoms with Crippen molar-refractivity contribution in [2.45, 2.75) is 0 Å². The number of hydrogen-bond donors (Lipinski definition) is 2. The lowest BCUT2D eigenvalue weighted by molar-refractivity contribution is 0.0692. The number of carboxylic acid groups (broad SMARTS) is 2. The molecule has 1 rings (SSSR count). The average molecular weight is 225 g/mol. The number of halogens is 2. The van der Waals surface area contributed by atoms with Crippen LogP contribution in [0.5, 0.6) is 0 Å². The molecular formula is C6H2ClFO4S. The topological polar surface area (TPSA) is 74.6 Å². The summed E-state index contributed by atoms with van der Waals surface area (Å²) in [6.45, 7) is 0. The molecule has 0 saturated carbocycles. The molecule has 0 aliphatic heterocycles. The Morgan fingerprint density at radius 1 is 1.31 bits per heavy atom. The van der Waals surface area contributed by atoms with Crippen molar-refractivity contribution in [3.8, 4) is 0 Å². The third kappa shape index (κ3) is 1.63. The van der Waals surface area contributed by atoms with Crippen molar-refractivity contribution in [3.05, 3.63) is 20.6 Å². The van der Waals surface area contributed by atoms with Crippen LogP contribution in [-0.4, -0.2) is 22.2 Å². The number of carboxylic acids is 2. The van der Waals surface area contributed by atoms with Crippen molar-refractivity contribution in [1.82, 2.24) is 0 Å². The molecule has 70 valence electrons. The molecule has 0 aromatic carbocycles. The molecule has 0 spiro atoms. The molecule has 0 saturated heterocycles. The van der Waals surface area contributed by atoms with Gasteiger partial charge in [0, 0.05) is 0 Å². The molecule has 0 radical (unpaired) electrons. The van der Waals surface area contributed by atoms with Crippen LogP contribution in [-0.2, 0) is 0 Å². The molecule has 1 heterocycles. The predicted octanol–water partition coefficient (Wildman–Crippen LogP) is 1.94. The second kappa shape index (κ2) is 3.31. The van der Waals surface area contributed by atoms with Crippen molar-refractivity contribution in [2.24, 2.45) is 0 Å². The van der Waals surface area contributed by atoms with Crippen molar-refractivity contribution < 1.29 is 24.2 Å². The summed E-state index contributed by atoms with van der Waals surface area (Å²) in [5.41, 5.74) is -0.788. The minimum absolute atomic E-state index is 0.198. The zero-order valence-corrected chi connectivity index (χ0v) is 7.45. The predicted molar refractivity (Wildman–Crippen MR) is 43.2 cm³/mol. The molecule has 13 heavy (non-hydrogen) atoms. The highest BCUT2D eigenvalue weighted by molar-refractivity contribution is 7.13. The normalized spacial score (nSPS) is 10.0. The maximum Gasteiger partial charge on any atom is 0.347 e. The van der Waals surface area contributed by atoms with E-state index >= 15 is 0 Å². The van der Waals surface area contributed by atoms with Gasteiger partial charge in [0.1, 0.15) is 10.4 Å². The highest BCUT2D eigenvalue weighted by Crippen LogP contribution is 2.31. The second-order valence-corrected chi connectivity index (χ2v) is 3.35. The number of rotatable bonds is 2. The van der Waals surface area contributed by atoms with Gasteiger partial charge in [-0.15, -0.1) is 0 Å². The van der Waals surface area contributed by atoms with Crippen LogP contribution in [0.2, 0.25) is 5.02 Å². The van der Waals surface area contributed by atoms with E-state index in [4.69, 9.17) is 21.8 Å². The summed E-state index contributed by atoms with van der Waals surface area (Å²) < 4.78 is 12.8. The lowest BCUT2D eigenvalue weighted by Gasteiger charge is -1.89. The first-order valence-corrected chi connectivity index (χ1v) is 4.09. The van der Waals surface area contributed by atoms with E-state index in [1.165, 1.54) is 0 Å². The zero-order chi connectivity index (χ0) is 10.2.